The second-order valence-corrected chi connectivity index (χ2v) is 14.3. The number of carboxylic acid groups (broad SMARTS) is 1. The first-order chi connectivity index (χ1) is 21.5. The van der Waals surface area contributed by atoms with E-state index in [1.165, 1.54) is 12.1 Å². The Bertz CT molecular complexity index is 2030. The van der Waals surface area contributed by atoms with E-state index in [0.29, 0.717) is 22.9 Å². The van der Waals surface area contributed by atoms with Gasteiger partial charge in [0.05, 0.1) is 22.1 Å². The Morgan fingerprint density at radius 1 is 1.04 bits per heavy atom. The van der Waals surface area contributed by atoms with Crippen LogP contribution < -0.4 is 5.32 Å². The normalized spacial score (nSPS) is 22.8. The third-order valence-electron chi connectivity index (χ3n) is 9.70. The first kappa shape index (κ1) is 29.3. The Hall–Kier alpha value is -4.37. The van der Waals surface area contributed by atoms with Gasteiger partial charge in [0, 0.05) is 34.8 Å². The number of nitriles is 1. The Morgan fingerprint density at radius 3 is 2.33 bits per heavy atom. The minimum absolute atomic E-state index is 0.0227. The van der Waals surface area contributed by atoms with Gasteiger partial charge in [-0.25, -0.2) is 30.5 Å². The third-order valence-corrected chi connectivity index (χ3v) is 11.4. The van der Waals surface area contributed by atoms with Crippen molar-refractivity contribution < 1.29 is 31.5 Å². The Labute approximate surface area is 257 Å². The molecule has 2 atom stereocenters. The molecule has 4 aliphatic carbocycles. The number of fused-ring (bicyclic) bond motifs is 4. The lowest BCUT2D eigenvalue weighted by Gasteiger charge is -2.47. The molecule has 0 amide bonds. The van der Waals surface area contributed by atoms with E-state index in [1.54, 1.807) is 19.1 Å². The number of hydrogen-bond acceptors (Lipinski definition) is 6. The summed E-state index contributed by atoms with van der Waals surface area (Å²) in [7, 11) is -4.41. The summed E-state index contributed by atoms with van der Waals surface area (Å²) in [5.74, 6) is -5.27. The highest BCUT2D eigenvalue weighted by molar-refractivity contribution is 7.90. The fourth-order valence-electron chi connectivity index (χ4n) is 7.36. The fourth-order valence-corrected chi connectivity index (χ4v) is 8.74. The molecule has 232 valence electrons. The number of nitrogens with one attached hydrogen (secondary N) is 1. The van der Waals surface area contributed by atoms with E-state index >= 15 is 8.78 Å². The van der Waals surface area contributed by atoms with Gasteiger partial charge < -0.3 is 10.4 Å². The standard InChI is InChI=1S/C33H29F3N4O4S/c1-16-2-10-21(11-3-16)45(43,44)40-15-24(22-12-20(34)13-25(35)31(22)40)30-23(14-37)26(17-4-5-17)28(36)32(39-30)38-29-19-8-6-18(7-9-19)27(29)33(41)42/h2-3,10-13,15,17-19,27,29H,4-9H2,1H3,(H,38,39)(H,41,42). The van der Waals surface area contributed by atoms with Gasteiger partial charge in [0.2, 0.25) is 0 Å². The average molecular weight is 635 g/mol. The largest absolute Gasteiger partial charge is 0.481 e. The van der Waals surface area contributed by atoms with Crippen LogP contribution in [0.25, 0.3) is 22.2 Å². The van der Waals surface area contributed by atoms with Crippen LogP contribution in [-0.4, -0.2) is 34.5 Å². The summed E-state index contributed by atoms with van der Waals surface area (Å²) < 4.78 is 74.8. The van der Waals surface area contributed by atoms with Gasteiger partial charge >= 0.3 is 5.97 Å². The quantitative estimate of drug-likeness (QED) is 0.231. The zero-order valence-electron chi connectivity index (χ0n) is 24.2. The molecule has 0 radical (unpaired) electrons. The highest BCUT2D eigenvalue weighted by Crippen LogP contribution is 2.49. The summed E-state index contributed by atoms with van der Waals surface area (Å²) in [6.07, 6.45) is 5.42. The van der Waals surface area contributed by atoms with Crippen LogP contribution in [0.4, 0.5) is 19.0 Å². The summed E-state index contributed by atoms with van der Waals surface area (Å²) >= 11 is 0. The molecule has 2 bridgehead atoms. The molecule has 4 aliphatic rings. The summed E-state index contributed by atoms with van der Waals surface area (Å²) in [5.41, 5.74) is 0.0805. The lowest BCUT2D eigenvalue weighted by Crippen LogP contribution is -2.51. The predicted molar refractivity (Wildman–Crippen MR) is 159 cm³/mol. The molecule has 45 heavy (non-hydrogen) atoms. The van der Waals surface area contributed by atoms with Crippen LogP contribution in [0.1, 0.15) is 61.1 Å². The van der Waals surface area contributed by atoms with Crippen LogP contribution >= 0.6 is 0 Å². The molecule has 2 N–H and O–H groups in total. The van der Waals surface area contributed by atoms with E-state index in [1.807, 2.05) is 6.07 Å². The van der Waals surface area contributed by atoms with Crippen molar-refractivity contribution >= 4 is 32.7 Å². The maximum Gasteiger partial charge on any atom is 0.308 e. The molecule has 0 saturated heterocycles. The van der Waals surface area contributed by atoms with Crippen molar-refractivity contribution in [3.63, 3.8) is 0 Å². The topological polar surface area (TPSA) is 125 Å². The number of halogens is 3. The molecule has 8 rings (SSSR count). The van der Waals surface area contributed by atoms with Crippen molar-refractivity contribution in [1.29, 1.82) is 5.26 Å². The molecule has 2 aromatic heterocycles. The molecule has 0 spiro atoms. The van der Waals surface area contributed by atoms with Gasteiger partial charge in [-0.2, -0.15) is 5.26 Å². The third kappa shape index (κ3) is 4.76. The van der Waals surface area contributed by atoms with E-state index in [-0.39, 0.29) is 56.2 Å². The number of rotatable bonds is 7. The van der Waals surface area contributed by atoms with Crippen molar-refractivity contribution in [3.8, 4) is 17.3 Å². The second kappa shape index (κ2) is 10.6. The number of benzene rings is 2. The number of anilines is 1. The van der Waals surface area contributed by atoms with Gasteiger partial charge in [-0.05, 0) is 81.4 Å². The van der Waals surface area contributed by atoms with E-state index in [9.17, 15) is 28.0 Å². The van der Waals surface area contributed by atoms with Crippen molar-refractivity contribution in [2.24, 2.45) is 17.8 Å². The molecule has 0 aliphatic heterocycles. The molecule has 8 nitrogen and oxygen atoms in total. The number of pyridine rings is 1. The van der Waals surface area contributed by atoms with Crippen LogP contribution in [0, 0.1) is 53.5 Å². The minimum atomic E-state index is -4.41. The number of aliphatic carboxylic acids is 1. The Balaban J connectivity index is 1.46. The van der Waals surface area contributed by atoms with E-state index in [2.05, 4.69) is 10.3 Å². The maximum absolute atomic E-state index is 16.3. The molecule has 12 heteroatoms. The van der Waals surface area contributed by atoms with Crippen molar-refractivity contribution in [2.45, 2.75) is 62.3 Å². The van der Waals surface area contributed by atoms with Crippen LogP contribution in [-0.2, 0) is 14.8 Å². The smallest absolute Gasteiger partial charge is 0.308 e. The van der Waals surface area contributed by atoms with Gasteiger partial charge in [-0.15, -0.1) is 0 Å². The van der Waals surface area contributed by atoms with E-state index < -0.39 is 50.9 Å². The number of hydrogen-bond donors (Lipinski definition) is 2. The van der Waals surface area contributed by atoms with E-state index in [4.69, 9.17) is 0 Å². The molecule has 4 aromatic rings. The number of nitrogens with zero attached hydrogens (tertiary/aromatic N) is 3. The molecule has 2 heterocycles. The number of aryl methyl sites for hydroxylation is 1. The monoisotopic (exact) mass is 634 g/mol. The number of carboxylic acids is 1. The highest BCUT2D eigenvalue weighted by atomic mass is 32.2. The van der Waals surface area contributed by atoms with Crippen molar-refractivity contribution in [3.05, 3.63) is 76.7 Å². The molecule has 2 aromatic carbocycles. The summed E-state index contributed by atoms with van der Waals surface area (Å²) in [4.78, 5) is 16.7. The van der Waals surface area contributed by atoms with Gasteiger partial charge in [0.25, 0.3) is 10.0 Å². The van der Waals surface area contributed by atoms with Gasteiger partial charge in [0.15, 0.2) is 17.5 Å². The van der Waals surface area contributed by atoms with Crippen LogP contribution in [0.2, 0.25) is 0 Å². The van der Waals surface area contributed by atoms with Crippen LogP contribution in [0.5, 0.6) is 0 Å². The van der Waals surface area contributed by atoms with Gasteiger partial charge in [-0.1, -0.05) is 17.7 Å². The number of aromatic nitrogens is 2. The molecule has 4 fully saturated rings. The summed E-state index contributed by atoms with van der Waals surface area (Å²) in [6.45, 7) is 1.78. The lowest BCUT2D eigenvalue weighted by atomic mass is 9.61. The first-order valence-electron chi connectivity index (χ1n) is 14.9. The Kier molecular flexibility index (Phi) is 6.92. The van der Waals surface area contributed by atoms with Crippen LogP contribution in [0.15, 0.2) is 47.5 Å². The van der Waals surface area contributed by atoms with Crippen LogP contribution in [0.3, 0.4) is 0 Å². The van der Waals surface area contributed by atoms with Gasteiger partial charge in [-0.3, -0.25) is 4.79 Å². The highest BCUT2D eigenvalue weighted by Gasteiger charge is 2.48. The maximum atomic E-state index is 16.3. The second-order valence-electron chi connectivity index (χ2n) is 12.4. The zero-order chi connectivity index (χ0) is 31.8. The minimum Gasteiger partial charge on any atom is -0.481 e. The SMILES string of the molecule is Cc1ccc(S(=O)(=O)n2cc(-c3nc(NC4C5CCC(CC5)C4C(=O)O)c(F)c(C4CC4)c3C#N)c3cc(F)cc(F)c32)cc1. The van der Waals surface area contributed by atoms with Gasteiger partial charge in [0.1, 0.15) is 17.4 Å². The molecule has 4 saturated carbocycles. The van der Waals surface area contributed by atoms with Crippen molar-refractivity contribution in [2.75, 3.05) is 5.32 Å². The summed E-state index contributed by atoms with van der Waals surface area (Å²) in [6, 6.07) is 8.87. The molecular weight excluding hydrogens is 605 g/mol. The fraction of sp³-hybridized carbons (Fsp3) is 0.364. The van der Waals surface area contributed by atoms with E-state index in [0.717, 1.165) is 43.5 Å². The molecular formula is C33H29F3N4O4S. The molecule has 2 unspecified atom stereocenters. The number of carbonyl (C=O) groups is 1. The zero-order valence-corrected chi connectivity index (χ0v) is 25.0. The lowest BCUT2D eigenvalue weighted by molar-refractivity contribution is -0.148. The first-order valence-corrected chi connectivity index (χ1v) is 16.4. The van der Waals surface area contributed by atoms with Crippen molar-refractivity contribution in [1.82, 2.24) is 8.96 Å². The average Bonchev–Trinajstić information content (AvgIpc) is 3.77. The predicted octanol–water partition coefficient (Wildman–Crippen LogP) is 6.72. The summed E-state index contributed by atoms with van der Waals surface area (Å²) in [5, 5.41) is 23.3. The Morgan fingerprint density at radius 2 is 1.71 bits per heavy atom.